The minimum atomic E-state index is 0. The van der Waals surface area contributed by atoms with Crippen LogP contribution in [0.15, 0.2) is 48.5 Å². The Balaban J connectivity index is 0.00000289. The molecule has 0 unspecified atom stereocenters. The molecule has 172 valence electrons. The molecule has 1 aliphatic heterocycles. The molecule has 32 heavy (non-hydrogen) atoms. The highest BCUT2D eigenvalue weighted by Gasteiger charge is 2.14. The molecule has 2 aromatic carbocycles. The zero-order valence-electron chi connectivity index (χ0n) is 18.1. The predicted molar refractivity (Wildman–Crippen MR) is 123 cm³/mol. The maximum atomic E-state index is 5.96. The summed E-state index contributed by atoms with van der Waals surface area (Å²) < 4.78 is 18.4. The molecule has 1 aromatic heterocycles. The second kappa shape index (κ2) is 12.4. The molecule has 0 saturated carbocycles. The molecule has 9 nitrogen and oxygen atoms in total. The van der Waals surface area contributed by atoms with Gasteiger partial charge >= 0.3 is 6.01 Å². The van der Waals surface area contributed by atoms with Crippen molar-refractivity contribution >= 4 is 12.4 Å². The van der Waals surface area contributed by atoms with Gasteiger partial charge in [-0.3, -0.25) is 4.90 Å². The minimum Gasteiger partial charge on any atom is -0.493 e. The monoisotopic (exact) mass is 460 g/mol. The number of nitrogens with one attached hydrogen (secondary N) is 1. The summed E-state index contributed by atoms with van der Waals surface area (Å²) >= 11 is 0. The number of halogens is 1. The van der Waals surface area contributed by atoms with E-state index in [0.717, 1.165) is 63.6 Å². The molecule has 0 bridgehead atoms. The summed E-state index contributed by atoms with van der Waals surface area (Å²) in [6, 6.07) is 15.8. The summed E-state index contributed by atoms with van der Waals surface area (Å²) in [6.45, 7) is 6.59. The molecule has 0 atom stereocenters. The van der Waals surface area contributed by atoms with Crippen molar-refractivity contribution in [3.63, 3.8) is 0 Å². The van der Waals surface area contributed by atoms with Gasteiger partial charge in [-0.25, -0.2) is 0 Å². The van der Waals surface area contributed by atoms with E-state index in [9.17, 15) is 0 Å². The third-order valence-corrected chi connectivity index (χ3v) is 5.13. The van der Waals surface area contributed by atoms with Crippen molar-refractivity contribution in [2.45, 2.75) is 13.0 Å². The quantitative estimate of drug-likeness (QED) is 0.462. The van der Waals surface area contributed by atoms with Crippen LogP contribution in [0.25, 0.3) is 5.69 Å². The summed E-state index contributed by atoms with van der Waals surface area (Å²) in [4.78, 5) is 2.45. The molecule has 2 heterocycles. The third-order valence-electron chi connectivity index (χ3n) is 5.13. The van der Waals surface area contributed by atoms with E-state index in [1.807, 2.05) is 48.5 Å². The fourth-order valence-corrected chi connectivity index (χ4v) is 3.46. The topological polar surface area (TPSA) is 86.6 Å². The first-order valence-electron chi connectivity index (χ1n) is 10.5. The van der Waals surface area contributed by atoms with E-state index >= 15 is 0 Å². The van der Waals surface area contributed by atoms with Crippen molar-refractivity contribution in [1.82, 2.24) is 30.4 Å². The van der Waals surface area contributed by atoms with Crippen LogP contribution in [0.2, 0.25) is 0 Å². The first-order chi connectivity index (χ1) is 15.3. The lowest BCUT2D eigenvalue weighted by Crippen LogP contribution is -2.37. The van der Waals surface area contributed by atoms with E-state index in [2.05, 4.69) is 25.7 Å². The van der Waals surface area contributed by atoms with Gasteiger partial charge in [0.2, 0.25) is 0 Å². The molecule has 0 radical (unpaired) electrons. The number of hydrogen-bond donors (Lipinski definition) is 1. The van der Waals surface area contributed by atoms with Crippen LogP contribution in [0.1, 0.15) is 12.0 Å². The third kappa shape index (κ3) is 6.39. The summed E-state index contributed by atoms with van der Waals surface area (Å²) in [5.41, 5.74) is 1.94. The van der Waals surface area contributed by atoms with Gasteiger partial charge in [0, 0.05) is 19.6 Å². The first kappa shape index (κ1) is 23.9. The normalized spacial score (nSPS) is 14.0. The fourth-order valence-electron chi connectivity index (χ4n) is 3.46. The highest BCUT2D eigenvalue weighted by atomic mass is 35.5. The molecule has 0 spiro atoms. The summed E-state index contributed by atoms with van der Waals surface area (Å²) in [7, 11) is 1.63. The van der Waals surface area contributed by atoms with Gasteiger partial charge < -0.3 is 19.5 Å². The van der Waals surface area contributed by atoms with E-state index in [4.69, 9.17) is 14.2 Å². The molecular formula is C22H29ClN6O3. The Labute approximate surface area is 194 Å². The molecule has 0 amide bonds. The average molecular weight is 461 g/mol. The largest absolute Gasteiger partial charge is 0.493 e. The van der Waals surface area contributed by atoms with Gasteiger partial charge in [-0.05, 0) is 59.8 Å². The van der Waals surface area contributed by atoms with Crippen molar-refractivity contribution in [3.8, 4) is 23.2 Å². The van der Waals surface area contributed by atoms with Crippen molar-refractivity contribution in [3.05, 3.63) is 54.1 Å². The number of methoxy groups -OCH3 is 1. The Morgan fingerprint density at radius 1 is 1.06 bits per heavy atom. The van der Waals surface area contributed by atoms with Gasteiger partial charge in [-0.1, -0.05) is 29.4 Å². The molecule has 1 aliphatic rings. The molecule has 10 heteroatoms. The van der Waals surface area contributed by atoms with Crippen LogP contribution >= 0.6 is 12.4 Å². The molecule has 1 saturated heterocycles. The number of nitrogens with zero attached hydrogens (tertiary/aromatic N) is 5. The van der Waals surface area contributed by atoms with Crippen LogP contribution in [-0.2, 0) is 11.3 Å². The van der Waals surface area contributed by atoms with Crippen LogP contribution in [0.4, 0.5) is 0 Å². The first-order valence-corrected chi connectivity index (χ1v) is 10.5. The van der Waals surface area contributed by atoms with Crippen LogP contribution in [0, 0.1) is 0 Å². The number of ether oxygens (including phenoxy) is 3. The Kier molecular flexibility index (Phi) is 9.24. The Morgan fingerprint density at radius 2 is 1.88 bits per heavy atom. The van der Waals surface area contributed by atoms with Crippen molar-refractivity contribution in [1.29, 1.82) is 0 Å². The lowest BCUT2D eigenvalue weighted by atomic mass is 10.2. The second-order valence-electron chi connectivity index (χ2n) is 7.28. The van der Waals surface area contributed by atoms with Gasteiger partial charge in [-0.15, -0.1) is 12.4 Å². The zero-order valence-corrected chi connectivity index (χ0v) is 19.0. The molecule has 1 N–H and O–H groups in total. The van der Waals surface area contributed by atoms with Crippen LogP contribution in [0.3, 0.4) is 0 Å². The lowest BCUT2D eigenvalue weighted by molar-refractivity contribution is 0.0374. The van der Waals surface area contributed by atoms with Gasteiger partial charge in [0.05, 0.1) is 26.0 Å². The van der Waals surface area contributed by atoms with Crippen LogP contribution in [-0.4, -0.2) is 71.6 Å². The number of hydrogen-bond acceptors (Lipinski definition) is 8. The van der Waals surface area contributed by atoms with Gasteiger partial charge in [0.25, 0.3) is 0 Å². The predicted octanol–water partition coefficient (Wildman–Crippen LogP) is 2.70. The molecule has 0 aliphatic carbocycles. The van der Waals surface area contributed by atoms with Crippen molar-refractivity contribution < 1.29 is 14.2 Å². The lowest BCUT2D eigenvalue weighted by Gasteiger charge is -2.26. The number of aromatic nitrogens is 4. The summed E-state index contributed by atoms with van der Waals surface area (Å²) in [5.74, 6) is 1.20. The SMILES string of the molecule is COc1cc(CNCCCN2CCOCC2)ccc1Oc1nnnn1-c1ccccc1.Cl. The Morgan fingerprint density at radius 3 is 2.66 bits per heavy atom. The minimum absolute atomic E-state index is 0. The van der Waals surface area contributed by atoms with Gasteiger partial charge in [0.1, 0.15) is 0 Å². The standard InChI is InChI=1S/C22H28N6O3.ClH/c1-29-21-16-18(17-23-10-5-11-27-12-14-30-15-13-27)8-9-20(21)31-22-24-25-26-28(22)19-6-3-2-4-7-19;/h2-4,6-9,16,23H,5,10-15,17H2,1H3;1H. The number of benzene rings is 2. The molecule has 4 rings (SSSR count). The van der Waals surface area contributed by atoms with Crippen molar-refractivity contribution in [2.24, 2.45) is 0 Å². The smallest absolute Gasteiger partial charge is 0.346 e. The van der Waals surface area contributed by atoms with Crippen LogP contribution in [0.5, 0.6) is 17.5 Å². The maximum Gasteiger partial charge on any atom is 0.346 e. The number of tetrazole rings is 1. The number of para-hydroxylation sites is 1. The Bertz CT molecular complexity index is 950. The summed E-state index contributed by atoms with van der Waals surface area (Å²) in [6.07, 6.45) is 1.11. The maximum absolute atomic E-state index is 5.96. The number of rotatable bonds is 10. The van der Waals surface area contributed by atoms with Crippen molar-refractivity contribution in [2.75, 3.05) is 46.5 Å². The highest BCUT2D eigenvalue weighted by molar-refractivity contribution is 5.85. The Hall–Kier alpha value is -2.72. The summed E-state index contributed by atoms with van der Waals surface area (Å²) in [5, 5.41) is 15.2. The second-order valence-corrected chi connectivity index (χ2v) is 7.28. The highest BCUT2D eigenvalue weighted by Crippen LogP contribution is 2.32. The molecular weight excluding hydrogens is 432 g/mol. The fraction of sp³-hybridized carbons (Fsp3) is 0.409. The van der Waals surface area contributed by atoms with Gasteiger partial charge in [-0.2, -0.15) is 4.68 Å². The van der Waals surface area contributed by atoms with E-state index in [1.165, 1.54) is 0 Å². The molecule has 3 aromatic rings. The van der Waals surface area contributed by atoms with Gasteiger partial charge in [0.15, 0.2) is 11.5 Å². The van der Waals surface area contributed by atoms with E-state index < -0.39 is 0 Å². The number of morpholine rings is 1. The van der Waals surface area contributed by atoms with E-state index in [0.29, 0.717) is 11.5 Å². The van der Waals surface area contributed by atoms with Crippen LogP contribution < -0.4 is 14.8 Å². The zero-order chi connectivity index (χ0) is 21.3. The van der Waals surface area contributed by atoms with E-state index in [1.54, 1.807) is 11.8 Å². The molecule has 1 fully saturated rings. The average Bonchev–Trinajstić information content (AvgIpc) is 3.29. The van der Waals surface area contributed by atoms with E-state index in [-0.39, 0.29) is 18.4 Å².